The van der Waals surface area contributed by atoms with Crippen molar-refractivity contribution in [1.29, 1.82) is 0 Å². The van der Waals surface area contributed by atoms with Crippen LogP contribution in [0.4, 0.5) is 0 Å². The van der Waals surface area contributed by atoms with Crippen LogP contribution in [-0.4, -0.2) is 21.5 Å². The monoisotopic (exact) mass is 369 g/mol. The summed E-state index contributed by atoms with van der Waals surface area (Å²) in [5, 5.41) is 5.45. The van der Waals surface area contributed by atoms with Crippen LogP contribution in [0.3, 0.4) is 0 Å². The first kappa shape index (κ1) is 18.3. The number of aromatic nitrogens is 2. The average Bonchev–Trinajstić information content (AvgIpc) is 3.02. The molecule has 3 rings (SSSR count). The van der Waals surface area contributed by atoms with Gasteiger partial charge in [0.25, 0.3) is 5.56 Å². The van der Waals surface area contributed by atoms with Gasteiger partial charge in [-0.3, -0.25) is 14.2 Å². The summed E-state index contributed by atoms with van der Waals surface area (Å²) in [4.78, 5) is 30.3. The van der Waals surface area contributed by atoms with Gasteiger partial charge in [-0.25, -0.2) is 4.98 Å². The number of hydrogen-bond donors (Lipinski definition) is 1. The number of fused-ring (bicyclic) bond motifs is 1. The van der Waals surface area contributed by atoms with E-state index < -0.39 is 0 Å². The van der Waals surface area contributed by atoms with Crippen molar-refractivity contribution in [3.8, 4) is 11.1 Å². The van der Waals surface area contributed by atoms with Crippen molar-refractivity contribution in [1.82, 2.24) is 14.9 Å². The molecule has 0 radical (unpaired) electrons. The van der Waals surface area contributed by atoms with E-state index in [2.05, 4.69) is 10.3 Å². The fourth-order valence-electron chi connectivity index (χ4n) is 2.65. The van der Waals surface area contributed by atoms with Crippen molar-refractivity contribution in [2.75, 3.05) is 0 Å². The summed E-state index contributed by atoms with van der Waals surface area (Å²) in [6.07, 6.45) is 1.46. The van der Waals surface area contributed by atoms with Gasteiger partial charge in [-0.1, -0.05) is 43.7 Å². The molecule has 5 nitrogen and oxygen atoms in total. The highest BCUT2D eigenvalue weighted by molar-refractivity contribution is 7.17. The summed E-state index contributed by atoms with van der Waals surface area (Å²) in [7, 11) is 0. The van der Waals surface area contributed by atoms with Gasteiger partial charge in [-0.2, -0.15) is 0 Å². The van der Waals surface area contributed by atoms with Gasteiger partial charge in [0, 0.05) is 17.0 Å². The molecule has 1 unspecified atom stereocenters. The minimum Gasteiger partial charge on any atom is -0.352 e. The largest absolute Gasteiger partial charge is 0.352 e. The van der Waals surface area contributed by atoms with Gasteiger partial charge in [0.05, 0.1) is 11.7 Å². The SMILES string of the molecule is Cc1ccc(-c2csc3ncn(CC(=O)NC(C)C(C)C)c(=O)c23)cc1. The molecule has 0 bridgehead atoms. The van der Waals surface area contributed by atoms with Gasteiger partial charge < -0.3 is 5.32 Å². The molecule has 2 heterocycles. The number of nitrogens with one attached hydrogen (secondary N) is 1. The lowest BCUT2D eigenvalue weighted by Gasteiger charge is -2.17. The Hall–Kier alpha value is -2.47. The van der Waals surface area contributed by atoms with Crippen LogP contribution in [0.25, 0.3) is 21.3 Å². The molecule has 136 valence electrons. The zero-order valence-electron chi connectivity index (χ0n) is 15.4. The number of carbonyl (C=O) groups excluding carboxylic acids is 1. The van der Waals surface area contributed by atoms with E-state index in [1.165, 1.54) is 27.8 Å². The number of benzene rings is 1. The van der Waals surface area contributed by atoms with Crippen molar-refractivity contribution in [2.24, 2.45) is 5.92 Å². The molecule has 2 aromatic heterocycles. The van der Waals surface area contributed by atoms with Crippen LogP contribution in [0.15, 0.2) is 40.8 Å². The van der Waals surface area contributed by atoms with Crippen molar-refractivity contribution in [3.63, 3.8) is 0 Å². The van der Waals surface area contributed by atoms with Crippen LogP contribution in [0, 0.1) is 12.8 Å². The van der Waals surface area contributed by atoms with Crippen molar-refractivity contribution in [3.05, 3.63) is 51.9 Å². The summed E-state index contributed by atoms with van der Waals surface area (Å²) in [5.74, 6) is 0.155. The van der Waals surface area contributed by atoms with Crippen LogP contribution in [0.1, 0.15) is 26.3 Å². The zero-order valence-corrected chi connectivity index (χ0v) is 16.3. The predicted molar refractivity (Wildman–Crippen MR) is 106 cm³/mol. The maximum absolute atomic E-state index is 13.0. The third kappa shape index (κ3) is 3.70. The van der Waals surface area contributed by atoms with Gasteiger partial charge in [-0.15, -0.1) is 11.3 Å². The van der Waals surface area contributed by atoms with E-state index in [1.807, 2.05) is 57.3 Å². The van der Waals surface area contributed by atoms with Crippen LogP contribution in [-0.2, 0) is 11.3 Å². The van der Waals surface area contributed by atoms with E-state index in [0.29, 0.717) is 16.1 Å². The lowest BCUT2D eigenvalue weighted by atomic mass is 10.1. The minimum atomic E-state index is -0.181. The molecule has 0 spiro atoms. The standard InChI is InChI=1S/C20H23N3O2S/c1-12(2)14(4)22-17(24)9-23-11-21-19-18(20(23)25)16(10-26-19)15-7-5-13(3)6-8-15/h5-8,10-12,14H,9H2,1-4H3,(H,22,24). The van der Waals surface area contributed by atoms with E-state index in [4.69, 9.17) is 0 Å². The maximum atomic E-state index is 13.0. The Balaban J connectivity index is 1.95. The highest BCUT2D eigenvalue weighted by Crippen LogP contribution is 2.30. The molecule has 1 N–H and O–H groups in total. The topological polar surface area (TPSA) is 64.0 Å². The highest BCUT2D eigenvalue weighted by atomic mass is 32.1. The van der Waals surface area contributed by atoms with Gasteiger partial charge >= 0.3 is 0 Å². The Bertz CT molecular complexity index is 986. The van der Waals surface area contributed by atoms with Crippen molar-refractivity contribution in [2.45, 2.75) is 40.3 Å². The van der Waals surface area contributed by atoms with Gasteiger partial charge in [0.2, 0.25) is 5.91 Å². The molecule has 1 atom stereocenters. The second kappa shape index (κ2) is 7.41. The van der Waals surface area contributed by atoms with E-state index in [1.54, 1.807) is 0 Å². The first-order valence-corrected chi connectivity index (χ1v) is 9.58. The molecular formula is C20H23N3O2S. The number of hydrogen-bond acceptors (Lipinski definition) is 4. The molecule has 1 amide bonds. The zero-order chi connectivity index (χ0) is 18.8. The summed E-state index contributed by atoms with van der Waals surface area (Å²) in [6, 6.07) is 8.11. The molecule has 0 aliphatic rings. The van der Waals surface area contributed by atoms with Crippen LogP contribution >= 0.6 is 11.3 Å². The fraction of sp³-hybridized carbons (Fsp3) is 0.350. The maximum Gasteiger partial charge on any atom is 0.263 e. The van der Waals surface area contributed by atoms with Crippen LogP contribution < -0.4 is 10.9 Å². The first-order valence-electron chi connectivity index (χ1n) is 8.70. The second-order valence-corrected chi connectivity index (χ2v) is 7.83. The van der Waals surface area contributed by atoms with Gasteiger partial charge in [0.15, 0.2) is 0 Å². The molecule has 0 fully saturated rings. The highest BCUT2D eigenvalue weighted by Gasteiger charge is 2.16. The molecule has 0 aliphatic heterocycles. The number of carbonyl (C=O) groups is 1. The molecule has 1 aromatic carbocycles. The second-order valence-electron chi connectivity index (χ2n) is 6.97. The number of aryl methyl sites for hydroxylation is 1. The lowest BCUT2D eigenvalue weighted by Crippen LogP contribution is -2.39. The number of nitrogens with zero attached hydrogens (tertiary/aromatic N) is 2. The normalized spacial score (nSPS) is 12.5. The smallest absolute Gasteiger partial charge is 0.263 e. The first-order chi connectivity index (χ1) is 12.4. The molecule has 0 saturated heterocycles. The van der Waals surface area contributed by atoms with Gasteiger partial charge in [0.1, 0.15) is 11.4 Å². The van der Waals surface area contributed by atoms with E-state index >= 15 is 0 Å². The quantitative estimate of drug-likeness (QED) is 0.747. The summed E-state index contributed by atoms with van der Waals surface area (Å²) < 4.78 is 1.38. The molecule has 6 heteroatoms. The Labute approximate surface area is 156 Å². The average molecular weight is 369 g/mol. The number of rotatable bonds is 5. The third-order valence-electron chi connectivity index (χ3n) is 4.63. The Kier molecular flexibility index (Phi) is 5.23. The van der Waals surface area contributed by atoms with Gasteiger partial charge in [-0.05, 0) is 25.3 Å². The van der Waals surface area contributed by atoms with Crippen molar-refractivity contribution < 1.29 is 4.79 Å². The minimum absolute atomic E-state index is 0.0258. The number of amides is 1. The summed E-state index contributed by atoms with van der Waals surface area (Å²) in [6.45, 7) is 8.05. The predicted octanol–water partition coefficient (Wildman–Crippen LogP) is 3.59. The van der Waals surface area contributed by atoms with Crippen LogP contribution in [0.5, 0.6) is 0 Å². The Morgan fingerprint density at radius 2 is 1.92 bits per heavy atom. The molecular weight excluding hydrogens is 346 g/mol. The summed E-state index contributed by atoms with van der Waals surface area (Å²) in [5.41, 5.74) is 2.84. The number of thiophene rings is 1. The Morgan fingerprint density at radius 1 is 1.23 bits per heavy atom. The van der Waals surface area contributed by atoms with E-state index in [9.17, 15) is 9.59 Å². The summed E-state index contributed by atoms with van der Waals surface area (Å²) >= 11 is 1.44. The Morgan fingerprint density at radius 3 is 2.58 bits per heavy atom. The third-order valence-corrected chi connectivity index (χ3v) is 5.51. The molecule has 0 aliphatic carbocycles. The van der Waals surface area contributed by atoms with Crippen LogP contribution in [0.2, 0.25) is 0 Å². The molecule has 0 saturated carbocycles. The van der Waals surface area contributed by atoms with E-state index in [-0.39, 0.29) is 24.1 Å². The fourth-order valence-corrected chi connectivity index (χ4v) is 3.55. The lowest BCUT2D eigenvalue weighted by molar-refractivity contribution is -0.122. The molecule has 26 heavy (non-hydrogen) atoms. The van der Waals surface area contributed by atoms with Crippen molar-refractivity contribution >= 4 is 27.5 Å². The van der Waals surface area contributed by atoms with E-state index in [0.717, 1.165) is 11.1 Å². The molecule has 3 aromatic rings.